The number of rotatable bonds is 5. The number of hydrogen-bond acceptors (Lipinski definition) is 3. The van der Waals surface area contributed by atoms with Crippen LogP contribution in [0.25, 0.3) is 0 Å². The van der Waals surface area contributed by atoms with Gasteiger partial charge in [-0.2, -0.15) is 0 Å². The van der Waals surface area contributed by atoms with Crippen LogP contribution in [0.1, 0.15) is 15.9 Å². The lowest BCUT2D eigenvalue weighted by Gasteiger charge is -2.12. The van der Waals surface area contributed by atoms with Crippen molar-refractivity contribution in [3.8, 4) is 0 Å². The summed E-state index contributed by atoms with van der Waals surface area (Å²) in [5.41, 5.74) is 0.979. The molecule has 0 saturated heterocycles. The Kier molecular flexibility index (Phi) is 4.88. The first-order valence-corrected chi connectivity index (χ1v) is 9.31. The first-order valence-electron chi connectivity index (χ1n) is 7.44. The predicted molar refractivity (Wildman–Crippen MR) is 98.6 cm³/mol. The summed E-state index contributed by atoms with van der Waals surface area (Å²) in [6, 6.07) is 21.1. The standard InChI is InChI=1S/C19H14ClNO3S/c20-15-9-6-10-16(13-15)25(23,24)21-18-12-5-4-11-17(18)19(22)14-7-2-1-3-8-14/h1-13,21H. The summed E-state index contributed by atoms with van der Waals surface area (Å²) in [7, 11) is -3.86. The zero-order valence-corrected chi connectivity index (χ0v) is 14.6. The molecule has 6 heteroatoms. The van der Waals surface area contributed by atoms with Gasteiger partial charge in [-0.15, -0.1) is 0 Å². The topological polar surface area (TPSA) is 63.2 Å². The van der Waals surface area contributed by atoms with E-state index in [4.69, 9.17) is 11.6 Å². The molecular formula is C19H14ClNO3S. The monoisotopic (exact) mass is 371 g/mol. The van der Waals surface area contributed by atoms with E-state index in [9.17, 15) is 13.2 Å². The summed E-state index contributed by atoms with van der Waals surface area (Å²) in [5, 5.41) is 0.316. The van der Waals surface area contributed by atoms with Crippen LogP contribution < -0.4 is 4.72 Å². The summed E-state index contributed by atoms with van der Waals surface area (Å²) in [4.78, 5) is 12.7. The average molecular weight is 372 g/mol. The van der Waals surface area contributed by atoms with Crippen LogP contribution in [-0.2, 0) is 10.0 Å². The van der Waals surface area contributed by atoms with Crippen molar-refractivity contribution >= 4 is 33.1 Å². The Morgan fingerprint density at radius 3 is 2.24 bits per heavy atom. The Morgan fingerprint density at radius 2 is 1.52 bits per heavy atom. The van der Waals surface area contributed by atoms with Crippen LogP contribution in [0, 0.1) is 0 Å². The van der Waals surface area contributed by atoms with E-state index in [-0.39, 0.29) is 21.9 Å². The van der Waals surface area contributed by atoms with Crippen LogP contribution in [-0.4, -0.2) is 14.2 Å². The predicted octanol–water partition coefficient (Wildman–Crippen LogP) is 4.37. The van der Waals surface area contributed by atoms with Crippen molar-refractivity contribution in [2.45, 2.75) is 4.90 Å². The Hall–Kier alpha value is -2.63. The van der Waals surface area contributed by atoms with Crippen molar-refractivity contribution in [3.05, 3.63) is 95.0 Å². The van der Waals surface area contributed by atoms with Crippen molar-refractivity contribution in [2.24, 2.45) is 0 Å². The molecule has 0 saturated carbocycles. The smallest absolute Gasteiger partial charge is 0.261 e. The molecule has 0 spiro atoms. The van der Waals surface area contributed by atoms with Crippen molar-refractivity contribution < 1.29 is 13.2 Å². The van der Waals surface area contributed by atoms with Crippen LogP contribution in [0.2, 0.25) is 5.02 Å². The fourth-order valence-electron chi connectivity index (χ4n) is 2.35. The molecule has 0 amide bonds. The second-order valence-corrected chi connectivity index (χ2v) is 7.42. The first-order chi connectivity index (χ1) is 12.0. The SMILES string of the molecule is O=C(c1ccccc1)c1ccccc1NS(=O)(=O)c1cccc(Cl)c1. The molecule has 0 aliphatic carbocycles. The second kappa shape index (κ2) is 7.09. The molecule has 3 aromatic rings. The number of para-hydroxylation sites is 1. The van der Waals surface area contributed by atoms with Gasteiger partial charge in [-0.05, 0) is 30.3 Å². The lowest BCUT2D eigenvalue weighted by Crippen LogP contribution is -2.16. The maximum atomic E-state index is 12.7. The van der Waals surface area contributed by atoms with E-state index >= 15 is 0 Å². The van der Waals surface area contributed by atoms with Crippen LogP contribution in [0.3, 0.4) is 0 Å². The van der Waals surface area contributed by atoms with Crippen LogP contribution >= 0.6 is 11.6 Å². The molecule has 0 aliphatic heterocycles. The molecule has 4 nitrogen and oxygen atoms in total. The number of nitrogens with one attached hydrogen (secondary N) is 1. The molecule has 3 aromatic carbocycles. The molecule has 1 N–H and O–H groups in total. The zero-order chi connectivity index (χ0) is 17.9. The van der Waals surface area contributed by atoms with Gasteiger partial charge in [-0.1, -0.05) is 60.1 Å². The van der Waals surface area contributed by atoms with E-state index in [0.717, 1.165) is 0 Å². The Balaban J connectivity index is 1.98. The quantitative estimate of drug-likeness (QED) is 0.677. The highest BCUT2D eigenvalue weighted by atomic mass is 35.5. The molecule has 0 aromatic heterocycles. The van der Waals surface area contributed by atoms with E-state index < -0.39 is 10.0 Å². The van der Waals surface area contributed by atoms with Gasteiger partial charge < -0.3 is 0 Å². The zero-order valence-electron chi connectivity index (χ0n) is 13.0. The lowest BCUT2D eigenvalue weighted by molar-refractivity contribution is 0.103. The summed E-state index contributed by atoms with van der Waals surface area (Å²) < 4.78 is 27.6. The molecule has 0 bridgehead atoms. The third kappa shape index (κ3) is 3.90. The molecule has 3 rings (SSSR count). The maximum absolute atomic E-state index is 12.7. The summed E-state index contributed by atoms with van der Waals surface area (Å²) in [5.74, 6) is -0.259. The molecule has 0 unspecified atom stereocenters. The lowest BCUT2D eigenvalue weighted by atomic mass is 10.0. The van der Waals surface area contributed by atoms with Gasteiger partial charge in [-0.25, -0.2) is 8.42 Å². The van der Waals surface area contributed by atoms with Gasteiger partial charge >= 0.3 is 0 Å². The summed E-state index contributed by atoms with van der Waals surface area (Å²) >= 11 is 5.87. The van der Waals surface area contributed by atoms with Crippen molar-refractivity contribution in [1.29, 1.82) is 0 Å². The van der Waals surface area contributed by atoms with Gasteiger partial charge in [0.25, 0.3) is 10.0 Å². The van der Waals surface area contributed by atoms with Crippen molar-refractivity contribution in [1.82, 2.24) is 0 Å². The number of sulfonamides is 1. The molecule has 0 atom stereocenters. The van der Waals surface area contributed by atoms with Gasteiger partial charge in [-0.3, -0.25) is 9.52 Å². The van der Waals surface area contributed by atoms with Crippen molar-refractivity contribution in [2.75, 3.05) is 4.72 Å². The van der Waals surface area contributed by atoms with Crippen molar-refractivity contribution in [3.63, 3.8) is 0 Å². The Bertz CT molecular complexity index is 1020. The maximum Gasteiger partial charge on any atom is 0.261 e. The number of anilines is 1. The van der Waals surface area contributed by atoms with E-state index in [1.807, 2.05) is 6.07 Å². The van der Waals surface area contributed by atoms with E-state index in [1.165, 1.54) is 12.1 Å². The minimum Gasteiger partial charge on any atom is -0.289 e. The normalized spacial score (nSPS) is 11.1. The minimum absolute atomic E-state index is 0.0296. The molecule has 0 radical (unpaired) electrons. The highest BCUT2D eigenvalue weighted by Crippen LogP contribution is 2.24. The first kappa shape index (κ1) is 17.2. The van der Waals surface area contributed by atoms with Gasteiger partial charge in [0.05, 0.1) is 10.6 Å². The fourth-order valence-corrected chi connectivity index (χ4v) is 3.73. The van der Waals surface area contributed by atoms with Crippen LogP contribution in [0.5, 0.6) is 0 Å². The van der Waals surface area contributed by atoms with E-state index in [1.54, 1.807) is 60.7 Å². The molecule has 0 fully saturated rings. The fraction of sp³-hybridized carbons (Fsp3) is 0. The number of carbonyl (C=O) groups is 1. The van der Waals surface area contributed by atoms with Gasteiger partial charge in [0.15, 0.2) is 5.78 Å². The van der Waals surface area contributed by atoms with E-state index in [0.29, 0.717) is 10.6 Å². The molecule has 25 heavy (non-hydrogen) atoms. The number of halogens is 1. The van der Waals surface area contributed by atoms with Crippen LogP contribution in [0.15, 0.2) is 83.8 Å². The minimum atomic E-state index is -3.86. The highest BCUT2D eigenvalue weighted by molar-refractivity contribution is 7.92. The number of carbonyl (C=O) groups excluding carboxylic acids is 1. The average Bonchev–Trinajstić information content (AvgIpc) is 2.62. The van der Waals surface area contributed by atoms with Crippen LogP contribution in [0.4, 0.5) is 5.69 Å². The number of ketones is 1. The summed E-state index contributed by atoms with van der Waals surface area (Å²) in [6.45, 7) is 0. The molecule has 0 heterocycles. The summed E-state index contributed by atoms with van der Waals surface area (Å²) in [6.07, 6.45) is 0. The highest BCUT2D eigenvalue weighted by Gasteiger charge is 2.19. The largest absolute Gasteiger partial charge is 0.289 e. The number of hydrogen-bond donors (Lipinski definition) is 1. The third-order valence-electron chi connectivity index (χ3n) is 3.56. The molecular weight excluding hydrogens is 358 g/mol. The number of benzene rings is 3. The molecule has 126 valence electrons. The van der Waals surface area contributed by atoms with E-state index in [2.05, 4.69) is 4.72 Å². The van der Waals surface area contributed by atoms with Gasteiger partial charge in [0.2, 0.25) is 0 Å². The Morgan fingerprint density at radius 1 is 0.840 bits per heavy atom. The second-order valence-electron chi connectivity index (χ2n) is 5.30. The molecule has 0 aliphatic rings. The third-order valence-corrected chi connectivity index (χ3v) is 5.16. The Labute approximate surface area is 151 Å². The van der Waals surface area contributed by atoms with Gasteiger partial charge in [0, 0.05) is 16.1 Å². The van der Waals surface area contributed by atoms with Gasteiger partial charge in [0.1, 0.15) is 0 Å².